The molecule has 2 N–H and O–H groups in total. The van der Waals surface area contributed by atoms with Crippen molar-refractivity contribution in [2.24, 2.45) is 0 Å². The number of aliphatic hydroxyl groups is 1. The summed E-state index contributed by atoms with van der Waals surface area (Å²) in [4.78, 5) is 11.4. The highest BCUT2D eigenvalue weighted by Gasteiger charge is 2.38. The van der Waals surface area contributed by atoms with Crippen LogP contribution in [0.15, 0.2) is 30.3 Å². The van der Waals surface area contributed by atoms with Crippen molar-refractivity contribution in [1.82, 2.24) is 5.32 Å². The Morgan fingerprint density at radius 3 is 2.81 bits per heavy atom. The number of rotatable bonds is 5. The van der Waals surface area contributed by atoms with Crippen LogP contribution >= 0.6 is 0 Å². The summed E-state index contributed by atoms with van der Waals surface area (Å²) >= 11 is 0. The predicted octanol–water partition coefficient (Wildman–Crippen LogP) is 1.43. The molecule has 0 aromatic heterocycles. The van der Waals surface area contributed by atoms with Gasteiger partial charge in [0.15, 0.2) is 0 Å². The summed E-state index contributed by atoms with van der Waals surface area (Å²) in [6, 6.07) is 10.6. The van der Waals surface area contributed by atoms with Crippen LogP contribution in [-0.2, 0) is 4.79 Å². The Bertz CT molecular complexity index is 350. The van der Waals surface area contributed by atoms with Crippen molar-refractivity contribution in [3.63, 3.8) is 0 Å². The lowest BCUT2D eigenvalue weighted by Crippen LogP contribution is -2.26. The van der Waals surface area contributed by atoms with Crippen LogP contribution in [0.5, 0.6) is 0 Å². The molecule has 1 aliphatic carbocycles. The van der Waals surface area contributed by atoms with Crippen LogP contribution in [0.2, 0.25) is 0 Å². The number of carbonyl (C=O) groups excluding carboxylic acids is 1. The van der Waals surface area contributed by atoms with E-state index in [1.807, 2.05) is 18.2 Å². The topological polar surface area (TPSA) is 49.3 Å². The minimum atomic E-state index is 0.0532. The summed E-state index contributed by atoms with van der Waals surface area (Å²) in [5.41, 5.74) is 1.30. The molecule has 1 aromatic rings. The SMILES string of the molecule is O=C(CCCO)NC1CC1c1ccccc1. The Morgan fingerprint density at radius 1 is 1.38 bits per heavy atom. The normalized spacial score (nSPS) is 22.8. The van der Waals surface area contributed by atoms with Gasteiger partial charge in [-0.3, -0.25) is 4.79 Å². The fourth-order valence-electron chi connectivity index (χ4n) is 1.94. The molecule has 86 valence electrons. The minimum Gasteiger partial charge on any atom is -0.396 e. The standard InChI is InChI=1S/C13H17NO2/c15-8-4-7-13(16)14-12-9-11(12)10-5-2-1-3-6-10/h1-3,5-6,11-12,15H,4,7-9H2,(H,14,16). The van der Waals surface area contributed by atoms with Crippen LogP contribution in [0.4, 0.5) is 0 Å². The first-order valence-corrected chi connectivity index (χ1v) is 5.76. The molecular weight excluding hydrogens is 202 g/mol. The summed E-state index contributed by atoms with van der Waals surface area (Å²) in [6.07, 6.45) is 2.01. The minimum absolute atomic E-state index is 0.0532. The Morgan fingerprint density at radius 2 is 2.12 bits per heavy atom. The number of nitrogens with one attached hydrogen (secondary N) is 1. The first kappa shape index (κ1) is 11.1. The molecule has 1 saturated carbocycles. The average molecular weight is 219 g/mol. The van der Waals surface area contributed by atoms with E-state index in [1.54, 1.807) is 0 Å². The maximum absolute atomic E-state index is 11.4. The van der Waals surface area contributed by atoms with Crippen molar-refractivity contribution in [1.29, 1.82) is 0 Å². The van der Waals surface area contributed by atoms with Gasteiger partial charge < -0.3 is 10.4 Å². The fraction of sp³-hybridized carbons (Fsp3) is 0.462. The van der Waals surface area contributed by atoms with Gasteiger partial charge in [0.05, 0.1) is 0 Å². The van der Waals surface area contributed by atoms with Crippen molar-refractivity contribution in [2.75, 3.05) is 6.61 Å². The second-order valence-corrected chi connectivity index (χ2v) is 4.25. The third-order valence-electron chi connectivity index (χ3n) is 2.93. The van der Waals surface area contributed by atoms with Crippen LogP contribution in [-0.4, -0.2) is 23.7 Å². The number of aliphatic hydroxyl groups excluding tert-OH is 1. The van der Waals surface area contributed by atoms with Crippen LogP contribution in [0, 0.1) is 0 Å². The van der Waals surface area contributed by atoms with E-state index < -0.39 is 0 Å². The zero-order valence-electron chi connectivity index (χ0n) is 9.23. The molecule has 3 nitrogen and oxygen atoms in total. The number of hydrogen-bond acceptors (Lipinski definition) is 2. The monoisotopic (exact) mass is 219 g/mol. The number of hydrogen-bond donors (Lipinski definition) is 2. The molecule has 16 heavy (non-hydrogen) atoms. The van der Waals surface area contributed by atoms with E-state index in [4.69, 9.17) is 5.11 Å². The Hall–Kier alpha value is -1.35. The van der Waals surface area contributed by atoms with Crippen LogP contribution in [0.3, 0.4) is 0 Å². The first-order valence-electron chi connectivity index (χ1n) is 5.76. The van der Waals surface area contributed by atoms with Crippen LogP contribution < -0.4 is 5.32 Å². The van der Waals surface area contributed by atoms with Gasteiger partial charge in [0.1, 0.15) is 0 Å². The third-order valence-corrected chi connectivity index (χ3v) is 2.93. The van der Waals surface area contributed by atoms with Gasteiger partial charge in [0, 0.05) is 25.0 Å². The molecule has 1 fully saturated rings. The quantitative estimate of drug-likeness (QED) is 0.787. The summed E-state index contributed by atoms with van der Waals surface area (Å²) in [6.45, 7) is 0.0835. The van der Waals surface area contributed by atoms with Gasteiger partial charge in [-0.15, -0.1) is 0 Å². The molecule has 3 heteroatoms. The molecular formula is C13H17NO2. The van der Waals surface area contributed by atoms with Gasteiger partial charge in [0.2, 0.25) is 5.91 Å². The molecule has 1 aliphatic rings. The maximum Gasteiger partial charge on any atom is 0.220 e. The molecule has 1 amide bonds. The summed E-state index contributed by atoms with van der Waals surface area (Å²) < 4.78 is 0. The van der Waals surface area contributed by atoms with Crippen molar-refractivity contribution >= 4 is 5.91 Å². The van der Waals surface area contributed by atoms with Gasteiger partial charge in [-0.25, -0.2) is 0 Å². The lowest BCUT2D eigenvalue weighted by Gasteiger charge is -2.03. The highest BCUT2D eigenvalue weighted by Crippen LogP contribution is 2.40. The van der Waals surface area contributed by atoms with Gasteiger partial charge in [0.25, 0.3) is 0 Å². The van der Waals surface area contributed by atoms with Crippen molar-refractivity contribution in [3.05, 3.63) is 35.9 Å². The molecule has 0 aliphatic heterocycles. The molecule has 0 saturated heterocycles. The fourth-order valence-corrected chi connectivity index (χ4v) is 1.94. The molecule has 1 aromatic carbocycles. The number of amides is 1. The second kappa shape index (κ2) is 5.12. The van der Waals surface area contributed by atoms with Gasteiger partial charge in [-0.1, -0.05) is 30.3 Å². The molecule has 2 atom stereocenters. The molecule has 0 heterocycles. The lowest BCUT2D eigenvalue weighted by atomic mass is 10.1. The zero-order chi connectivity index (χ0) is 11.4. The third kappa shape index (κ3) is 2.83. The molecule has 0 radical (unpaired) electrons. The van der Waals surface area contributed by atoms with Crippen LogP contribution in [0.1, 0.15) is 30.7 Å². The van der Waals surface area contributed by atoms with E-state index in [-0.39, 0.29) is 12.5 Å². The summed E-state index contributed by atoms with van der Waals surface area (Å²) in [5.74, 6) is 0.539. The van der Waals surface area contributed by atoms with Gasteiger partial charge in [-0.2, -0.15) is 0 Å². The van der Waals surface area contributed by atoms with Crippen LogP contribution in [0.25, 0.3) is 0 Å². The van der Waals surface area contributed by atoms with E-state index in [9.17, 15) is 4.79 Å². The van der Waals surface area contributed by atoms with E-state index in [0.717, 1.165) is 6.42 Å². The molecule has 2 unspecified atom stereocenters. The zero-order valence-corrected chi connectivity index (χ0v) is 9.23. The average Bonchev–Trinajstić information content (AvgIpc) is 3.07. The van der Waals surface area contributed by atoms with Gasteiger partial charge in [-0.05, 0) is 18.4 Å². The lowest BCUT2D eigenvalue weighted by molar-refractivity contribution is -0.121. The van der Waals surface area contributed by atoms with Crippen molar-refractivity contribution in [3.8, 4) is 0 Å². The number of benzene rings is 1. The largest absolute Gasteiger partial charge is 0.396 e. The number of carbonyl (C=O) groups is 1. The van der Waals surface area contributed by atoms with E-state index in [1.165, 1.54) is 5.56 Å². The summed E-state index contributed by atoms with van der Waals surface area (Å²) in [5, 5.41) is 11.6. The van der Waals surface area contributed by atoms with Crippen molar-refractivity contribution in [2.45, 2.75) is 31.2 Å². The van der Waals surface area contributed by atoms with E-state index >= 15 is 0 Å². The van der Waals surface area contributed by atoms with Crippen molar-refractivity contribution < 1.29 is 9.90 Å². The first-order chi connectivity index (χ1) is 7.81. The second-order valence-electron chi connectivity index (χ2n) is 4.25. The Kier molecular flexibility index (Phi) is 3.57. The van der Waals surface area contributed by atoms with E-state index in [2.05, 4.69) is 17.4 Å². The highest BCUT2D eigenvalue weighted by molar-refractivity contribution is 5.76. The Balaban J connectivity index is 1.77. The van der Waals surface area contributed by atoms with E-state index in [0.29, 0.717) is 24.8 Å². The molecule has 2 rings (SSSR count). The highest BCUT2D eigenvalue weighted by atomic mass is 16.3. The molecule has 0 spiro atoms. The smallest absolute Gasteiger partial charge is 0.220 e. The Labute approximate surface area is 95.5 Å². The molecule has 0 bridgehead atoms. The van der Waals surface area contributed by atoms with Gasteiger partial charge >= 0.3 is 0 Å². The predicted molar refractivity (Wildman–Crippen MR) is 62.1 cm³/mol. The maximum atomic E-state index is 11.4. The summed E-state index contributed by atoms with van der Waals surface area (Å²) in [7, 11) is 0.